The van der Waals surface area contributed by atoms with Gasteiger partial charge in [-0.2, -0.15) is 0 Å². The van der Waals surface area contributed by atoms with Gasteiger partial charge in [-0.05, 0) is 67.6 Å². The minimum atomic E-state index is -1.85. The van der Waals surface area contributed by atoms with E-state index in [9.17, 15) is 48.6 Å². The molecule has 22 nitrogen and oxygen atoms in total. The van der Waals surface area contributed by atoms with Crippen LogP contribution in [0.25, 0.3) is 10.9 Å². The molecule has 2 heterocycles. The number of rotatable bonds is 14. The van der Waals surface area contributed by atoms with Gasteiger partial charge in [0.25, 0.3) is 11.8 Å². The first-order valence-corrected chi connectivity index (χ1v) is 28.1. The quantitative estimate of drug-likeness (QED) is 0.0536. The molecule has 6 rings (SSSR count). The molecule has 14 N–H and O–H groups in total. The number of fused-ring (bicyclic) bond motifs is 1. The zero-order valence-corrected chi connectivity index (χ0v) is 45.2. The number of carbonyl (C=O) groups is 9. The summed E-state index contributed by atoms with van der Waals surface area (Å²) < 4.78 is 0. The third kappa shape index (κ3) is 17.6. The number of H-pyrrole nitrogens is 1. The number of aliphatic hydroxyl groups is 1. The molecule has 1 fully saturated rings. The fourth-order valence-corrected chi connectivity index (χ4v) is 10.8. The van der Waals surface area contributed by atoms with Crippen molar-refractivity contribution in [1.29, 1.82) is 0 Å². The van der Waals surface area contributed by atoms with Gasteiger partial charge in [0.1, 0.15) is 36.3 Å². The lowest BCUT2D eigenvalue weighted by Gasteiger charge is -2.32. The van der Waals surface area contributed by atoms with Crippen LogP contribution in [0.5, 0.6) is 0 Å². The van der Waals surface area contributed by atoms with Crippen molar-refractivity contribution >= 4 is 85.7 Å². The van der Waals surface area contributed by atoms with E-state index in [0.29, 0.717) is 34.0 Å². The Bertz CT molecular complexity index is 2900. The van der Waals surface area contributed by atoms with Gasteiger partial charge in [-0.3, -0.25) is 38.4 Å². The summed E-state index contributed by atoms with van der Waals surface area (Å²) >= 11 is 0. The Labute approximate surface area is 464 Å². The maximum Gasteiger partial charge on any atom is 0.327 e. The summed E-state index contributed by atoms with van der Waals surface area (Å²) in [5.74, 6) is -8.98. The maximum absolute atomic E-state index is 15.0. The van der Waals surface area contributed by atoms with E-state index < -0.39 is 108 Å². The van der Waals surface area contributed by atoms with Crippen LogP contribution in [0.4, 0.5) is 0 Å². The monoisotopic (exact) mass is 1120 g/mol. The van der Waals surface area contributed by atoms with E-state index in [-0.39, 0.29) is 55.7 Å². The van der Waals surface area contributed by atoms with Gasteiger partial charge in [0.15, 0.2) is 6.17 Å². The molecule has 0 spiro atoms. The molecule has 0 aliphatic carbocycles. The number of nitrogens with two attached hydrogens (primary N) is 2. The van der Waals surface area contributed by atoms with Crippen LogP contribution < -0.4 is 48.7 Å². The number of aliphatic carboxylic acids is 1. The SMILES string of the molecule is C[C@@H](O)[C@@H]1NC(=O)[C@H](CCCCN)NC(=O)[C@@H](Cc2c[nH]c3ccccc23)NC(=O)[C@H](N(C)C(=O)c2ccccc2)NC(=O)[C@H](Cc2ccccc2)NC(=O)[C@@H](N)CSSC[C@@H](C(=O)O)NC(=O)[C@H](Cc2ccccc2)NC1=O. The molecular formula is C55H67N11O11S2. The number of aromatic amines is 1. The molecule has 1 aliphatic heterocycles. The van der Waals surface area contributed by atoms with Gasteiger partial charge in [-0.15, -0.1) is 0 Å². The second-order valence-electron chi connectivity index (χ2n) is 19.0. The average Bonchev–Trinajstić information content (AvgIpc) is 3.89. The second kappa shape index (κ2) is 29.8. The van der Waals surface area contributed by atoms with Crippen molar-refractivity contribution in [1.82, 2.24) is 47.1 Å². The number of hydrogen-bond donors (Lipinski definition) is 12. The number of para-hydroxylation sites is 1. The molecule has 4 aromatic carbocycles. The third-order valence-electron chi connectivity index (χ3n) is 13.0. The summed E-state index contributed by atoms with van der Waals surface area (Å²) in [6.45, 7) is 1.45. The van der Waals surface area contributed by atoms with Gasteiger partial charge in [-0.1, -0.05) is 119 Å². The number of carbonyl (C=O) groups excluding carboxylic acids is 8. The Kier molecular flexibility index (Phi) is 22.8. The highest BCUT2D eigenvalue weighted by molar-refractivity contribution is 8.76. The molecule has 24 heteroatoms. The summed E-state index contributed by atoms with van der Waals surface area (Å²) in [7, 11) is 3.28. The minimum Gasteiger partial charge on any atom is -0.480 e. The van der Waals surface area contributed by atoms with Crippen LogP contribution in [0.15, 0.2) is 121 Å². The van der Waals surface area contributed by atoms with E-state index in [1.807, 2.05) is 6.07 Å². The molecule has 1 aromatic heterocycles. The van der Waals surface area contributed by atoms with Gasteiger partial charge in [0.05, 0.1) is 12.1 Å². The van der Waals surface area contributed by atoms with E-state index in [1.54, 1.807) is 103 Å². The standard InChI is InChI=1S/C55H67N11O11S2/c1-32(67)45-52(73)61-41(26-33-16-6-3-7-17-33)49(70)63-44(55(76)77)31-79-78-30-38(57)47(68)60-42(27-34-18-8-4-9-19-34)51(72)65-46(66(2)54(75)35-20-10-5-11-21-35)53(74)62-43(28-36-29-58-39-23-13-12-22-37(36)39)50(71)59-40(48(69)64-45)24-14-15-25-56/h3-13,16-23,29,32,38,40-46,58,67H,14-15,24-28,30-31,56-57H2,1-2H3,(H,59,71)(H,60,68)(H,61,73)(H,62,74)(H,63,70)(H,64,69)(H,65,72)(H,76,77)/t32-,38+,40+,41+,42+,43-,44+,45+,46+/m1/s1. The topological polar surface area (TPSA) is 349 Å². The fraction of sp³-hybridized carbons (Fsp3) is 0.364. The Morgan fingerprint density at radius 2 is 1.11 bits per heavy atom. The third-order valence-corrected chi connectivity index (χ3v) is 15.4. The number of amides is 8. The van der Waals surface area contributed by atoms with Crippen LogP contribution in [0.3, 0.4) is 0 Å². The summed E-state index contributed by atoms with van der Waals surface area (Å²) in [4.78, 5) is 132. The number of unbranched alkanes of at least 4 members (excludes halogenated alkanes) is 1. The number of aromatic nitrogens is 1. The second-order valence-corrected chi connectivity index (χ2v) is 21.5. The Balaban J connectivity index is 1.42. The van der Waals surface area contributed by atoms with E-state index in [1.165, 1.54) is 26.1 Å². The summed E-state index contributed by atoms with van der Waals surface area (Å²) in [6, 6.07) is 21.9. The van der Waals surface area contributed by atoms with Crippen LogP contribution in [0.1, 0.15) is 53.2 Å². The smallest absolute Gasteiger partial charge is 0.327 e. The van der Waals surface area contributed by atoms with Crippen molar-refractivity contribution in [2.75, 3.05) is 25.1 Å². The van der Waals surface area contributed by atoms with E-state index in [2.05, 4.69) is 42.2 Å². The average molecular weight is 1120 g/mol. The van der Waals surface area contributed by atoms with Crippen molar-refractivity contribution in [3.05, 3.63) is 144 Å². The molecule has 0 saturated carbocycles. The molecule has 79 heavy (non-hydrogen) atoms. The molecule has 1 aliphatic rings. The molecular weight excluding hydrogens is 1050 g/mol. The number of likely N-dealkylation sites (N-methyl/N-ethyl adjacent to an activating group) is 1. The largest absolute Gasteiger partial charge is 0.480 e. The molecule has 8 amide bonds. The Morgan fingerprint density at radius 3 is 1.72 bits per heavy atom. The first-order valence-electron chi connectivity index (χ1n) is 25.6. The lowest BCUT2D eigenvalue weighted by atomic mass is 10.0. The van der Waals surface area contributed by atoms with Crippen LogP contribution in [0.2, 0.25) is 0 Å². The predicted molar refractivity (Wildman–Crippen MR) is 299 cm³/mol. The highest BCUT2D eigenvalue weighted by Crippen LogP contribution is 2.24. The van der Waals surface area contributed by atoms with Crippen LogP contribution in [-0.2, 0) is 57.6 Å². The summed E-state index contributed by atoms with van der Waals surface area (Å²) in [6.07, 6.45) is -1.61. The van der Waals surface area contributed by atoms with Crippen molar-refractivity contribution in [3.63, 3.8) is 0 Å². The number of hydrogen-bond acceptors (Lipinski definition) is 14. The van der Waals surface area contributed by atoms with Gasteiger partial charge >= 0.3 is 5.97 Å². The van der Waals surface area contributed by atoms with E-state index in [0.717, 1.165) is 26.5 Å². The fourth-order valence-electron chi connectivity index (χ4n) is 8.57. The normalized spacial score (nSPS) is 23.1. The van der Waals surface area contributed by atoms with Crippen LogP contribution >= 0.6 is 21.6 Å². The van der Waals surface area contributed by atoms with Gasteiger partial charge in [-0.25, -0.2) is 4.79 Å². The first kappa shape index (κ1) is 60.5. The number of aliphatic hydroxyl groups excluding tert-OH is 1. The van der Waals surface area contributed by atoms with E-state index >= 15 is 4.79 Å². The van der Waals surface area contributed by atoms with Gasteiger partial charge < -0.3 is 68.8 Å². The number of benzene rings is 4. The summed E-state index contributed by atoms with van der Waals surface area (Å²) in [5, 5.41) is 40.3. The summed E-state index contributed by atoms with van der Waals surface area (Å²) in [5.41, 5.74) is 14.8. The molecule has 0 bridgehead atoms. The number of carboxylic acid groups (broad SMARTS) is 1. The number of nitrogens with one attached hydrogen (secondary N) is 8. The molecule has 9 atom stereocenters. The molecule has 5 aromatic rings. The lowest BCUT2D eigenvalue weighted by molar-refractivity contribution is -0.141. The minimum absolute atomic E-state index is 0.0479. The molecule has 0 unspecified atom stereocenters. The first-order chi connectivity index (χ1) is 37.9. The van der Waals surface area contributed by atoms with E-state index in [4.69, 9.17) is 11.5 Å². The Morgan fingerprint density at radius 1 is 0.608 bits per heavy atom. The Hall–Kier alpha value is -7.77. The van der Waals surface area contributed by atoms with Crippen LogP contribution in [0, 0.1) is 0 Å². The zero-order chi connectivity index (χ0) is 57.0. The van der Waals surface area contributed by atoms with Crippen molar-refractivity contribution in [2.24, 2.45) is 11.5 Å². The highest BCUT2D eigenvalue weighted by Gasteiger charge is 2.38. The molecule has 1 saturated heterocycles. The zero-order valence-electron chi connectivity index (χ0n) is 43.6. The predicted octanol–water partition coefficient (Wildman–Crippen LogP) is 0.636. The highest BCUT2D eigenvalue weighted by atomic mass is 33.1. The van der Waals surface area contributed by atoms with Crippen LogP contribution in [-0.4, -0.2) is 153 Å². The van der Waals surface area contributed by atoms with Gasteiger partial charge in [0, 0.05) is 60.5 Å². The maximum atomic E-state index is 15.0. The van der Waals surface area contributed by atoms with Crippen molar-refractivity contribution in [3.8, 4) is 0 Å². The molecule has 420 valence electrons. The lowest BCUT2D eigenvalue weighted by Crippen LogP contribution is -2.64. The van der Waals surface area contributed by atoms with Crippen molar-refractivity contribution < 1.29 is 53.4 Å². The molecule has 0 radical (unpaired) electrons. The number of carboxylic acids is 1. The number of nitrogens with zero attached hydrogens (tertiary/aromatic N) is 1. The van der Waals surface area contributed by atoms with Crippen molar-refractivity contribution in [2.45, 2.75) is 100 Å². The van der Waals surface area contributed by atoms with Gasteiger partial charge in [0.2, 0.25) is 35.4 Å².